The van der Waals surface area contributed by atoms with Crippen LogP contribution in [-0.4, -0.2) is 23.5 Å². The molecular weight excluding hydrogens is 567 g/mol. The monoisotopic (exact) mass is 607 g/mol. The van der Waals surface area contributed by atoms with Gasteiger partial charge in [0, 0.05) is 0 Å². The van der Waals surface area contributed by atoms with Gasteiger partial charge in [-0.05, 0) is 63.2 Å². The Bertz CT molecular complexity index is 468. The van der Waals surface area contributed by atoms with Crippen LogP contribution in [0.25, 0.3) is 0 Å². The molecule has 4 atom stereocenters. The Kier molecular flexibility index (Phi) is 16.0. The van der Waals surface area contributed by atoms with Crippen LogP contribution in [0, 0.1) is 53.6 Å². The van der Waals surface area contributed by atoms with Crippen molar-refractivity contribution in [1.82, 2.24) is 0 Å². The van der Waals surface area contributed by atoms with Gasteiger partial charge in [0.2, 0.25) is 0 Å². The Balaban J connectivity index is 0.00000103. The molecule has 0 N–H and O–H groups in total. The first kappa shape index (κ1) is 29.6. The zero-order valence-electron chi connectivity index (χ0n) is 20.1. The van der Waals surface area contributed by atoms with Gasteiger partial charge in [-0.2, -0.15) is 0 Å². The van der Waals surface area contributed by atoms with Crippen LogP contribution in [0.1, 0.15) is 106 Å². The molecular formula is C24H44Cl3N2Nd. The molecule has 0 bridgehead atoms. The van der Waals surface area contributed by atoms with E-state index in [1.54, 1.807) is 0 Å². The topological polar surface area (TPSA) is 24.7 Å². The molecule has 2 fully saturated rings. The van der Waals surface area contributed by atoms with Gasteiger partial charge in [-0.3, -0.25) is 9.98 Å². The minimum atomic E-state index is -2.24. The van der Waals surface area contributed by atoms with Gasteiger partial charge in [0.25, 0.3) is 0 Å². The van der Waals surface area contributed by atoms with Gasteiger partial charge >= 0.3 is 47.3 Å². The SMILES string of the molecule is CCC1CCCC(CC)C1N=C(C)C(C)=NC1C(CC)CCCC1CC.[Cl][Nd]([Cl])[Cl]. The van der Waals surface area contributed by atoms with Crippen LogP contribution >= 0.6 is 17.4 Å². The number of nitrogens with zero attached hydrogens (tertiary/aromatic N) is 2. The summed E-state index contributed by atoms with van der Waals surface area (Å²) < 4.78 is 0. The second-order valence-electron chi connectivity index (χ2n) is 9.16. The van der Waals surface area contributed by atoms with E-state index >= 15 is 0 Å². The average molecular weight is 611 g/mol. The van der Waals surface area contributed by atoms with Gasteiger partial charge in [-0.25, -0.2) is 0 Å². The van der Waals surface area contributed by atoms with Crippen molar-refractivity contribution in [3.63, 3.8) is 0 Å². The zero-order chi connectivity index (χ0) is 22.7. The van der Waals surface area contributed by atoms with Gasteiger partial charge < -0.3 is 0 Å². The fraction of sp³-hybridized carbons (Fsp3) is 0.917. The maximum absolute atomic E-state index is 5.29. The Morgan fingerprint density at radius 3 is 1.07 bits per heavy atom. The molecule has 2 aliphatic carbocycles. The van der Waals surface area contributed by atoms with Crippen LogP contribution in [0.2, 0.25) is 0 Å². The van der Waals surface area contributed by atoms with E-state index in [-0.39, 0.29) is 0 Å². The first-order valence-electron chi connectivity index (χ1n) is 12.2. The number of aliphatic imine (C=N–C) groups is 2. The molecule has 0 amide bonds. The van der Waals surface area contributed by atoms with Gasteiger partial charge in [0.05, 0.1) is 23.5 Å². The molecule has 2 nitrogen and oxygen atoms in total. The average Bonchev–Trinajstić information content (AvgIpc) is 2.73. The Hall–Kier alpha value is 1.56. The second-order valence-corrected chi connectivity index (χ2v) is 23.2. The fourth-order valence-corrected chi connectivity index (χ4v) is 5.58. The van der Waals surface area contributed by atoms with E-state index in [4.69, 9.17) is 27.4 Å². The summed E-state index contributed by atoms with van der Waals surface area (Å²) in [6, 6.07) is 1.05. The summed E-state index contributed by atoms with van der Waals surface area (Å²) in [4.78, 5) is 10.6. The molecule has 0 aromatic rings. The molecule has 2 aliphatic rings. The predicted molar refractivity (Wildman–Crippen MR) is 134 cm³/mol. The van der Waals surface area contributed by atoms with Crippen molar-refractivity contribution in [3.05, 3.63) is 0 Å². The van der Waals surface area contributed by atoms with Gasteiger partial charge in [0.1, 0.15) is 0 Å². The van der Waals surface area contributed by atoms with Gasteiger partial charge in [-0.1, -0.05) is 66.2 Å². The Labute approximate surface area is 208 Å². The van der Waals surface area contributed by atoms with Crippen molar-refractivity contribution < 1.29 is 29.9 Å². The van der Waals surface area contributed by atoms with Crippen molar-refractivity contribution in [1.29, 1.82) is 0 Å². The molecule has 0 aromatic carbocycles. The van der Waals surface area contributed by atoms with Crippen molar-refractivity contribution in [3.8, 4) is 0 Å². The van der Waals surface area contributed by atoms with Crippen LogP contribution in [0.4, 0.5) is 0 Å². The summed E-state index contributed by atoms with van der Waals surface area (Å²) in [5.74, 6) is 18.2. The first-order valence-corrected chi connectivity index (χ1v) is 24.3. The Morgan fingerprint density at radius 2 is 0.867 bits per heavy atom. The summed E-state index contributed by atoms with van der Waals surface area (Å²) in [7, 11) is 0. The van der Waals surface area contributed by atoms with E-state index in [9.17, 15) is 0 Å². The van der Waals surface area contributed by atoms with Crippen LogP contribution < -0.4 is 0 Å². The number of hydrogen-bond acceptors (Lipinski definition) is 2. The molecule has 30 heavy (non-hydrogen) atoms. The summed E-state index contributed by atoms with van der Waals surface area (Å²) in [5, 5.41) is 0. The van der Waals surface area contributed by atoms with Gasteiger partial charge in [-0.15, -0.1) is 0 Å². The minimum absolute atomic E-state index is 0.527. The zero-order valence-corrected chi connectivity index (χ0v) is 25.5. The molecule has 0 aromatic heterocycles. The molecule has 2 rings (SSSR count). The normalized spacial score (nSPS) is 33.0. The molecule has 175 valence electrons. The third-order valence-corrected chi connectivity index (χ3v) is 7.54. The fourth-order valence-electron chi connectivity index (χ4n) is 5.58. The van der Waals surface area contributed by atoms with Crippen molar-refractivity contribution in [2.24, 2.45) is 33.7 Å². The van der Waals surface area contributed by atoms with E-state index in [1.807, 2.05) is 0 Å². The second kappa shape index (κ2) is 16.2. The van der Waals surface area contributed by atoms with E-state index in [0.29, 0.717) is 12.1 Å². The van der Waals surface area contributed by atoms with E-state index in [2.05, 4.69) is 41.5 Å². The molecule has 6 heteroatoms. The summed E-state index contributed by atoms with van der Waals surface area (Å²) in [6.07, 6.45) is 13.3. The number of halogens is 3. The molecule has 2 saturated carbocycles. The molecule has 4 unspecified atom stereocenters. The molecule has 0 saturated heterocycles. The summed E-state index contributed by atoms with van der Waals surface area (Å²) in [5.41, 5.74) is 2.42. The van der Waals surface area contributed by atoms with E-state index < -0.39 is 29.9 Å². The third kappa shape index (κ3) is 9.82. The Morgan fingerprint density at radius 1 is 0.633 bits per heavy atom. The summed E-state index contributed by atoms with van der Waals surface area (Å²) in [6.45, 7) is 13.8. The standard InChI is InChI=1S/C24H44N2.3ClH.Nd/c1-7-19-13-11-14-20(8-2)23(19)25-17(5)18(6)26-24-21(9-3)15-12-16-22(24)10-4;;;;/h19-24H,7-16H2,1-6H3;3*1H;/q;;;;+3/p-3. The van der Waals surface area contributed by atoms with Crippen molar-refractivity contribution in [2.75, 3.05) is 0 Å². The van der Waals surface area contributed by atoms with Crippen LogP contribution in [0.5, 0.6) is 0 Å². The van der Waals surface area contributed by atoms with Crippen molar-refractivity contribution in [2.45, 2.75) is 118 Å². The quantitative estimate of drug-likeness (QED) is 0.257. The number of rotatable bonds is 7. The summed E-state index contributed by atoms with van der Waals surface area (Å²) >= 11 is -2.24. The van der Waals surface area contributed by atoms with Gasteiger partial charge in [0.15, 0.2) is 0 Å². The predicted octanol–water partition coefficient (Wildman–Crippen LogP) is 9.19. The van der Waals surface area contributed by atoms with E-state index in [1.165, 1.54) is 75.6 Å². The third-order valence-electron chi connectivity index (χ3n) is 7.54. The molecule has 0 heterocycles. The molecule has 0 aliphatic heterocycles. The molecule has 0 spiro atoms. The van der Waals surface area contributed by atoms with Crippen molar-refractivity contribution >= 4 is 28.8 Å². The van der Waals surface area contributed by atoms with Crippen LogP contribution in [-0.2, 0) is 0 Å². The maximum atomic E-state index is 5.29. The number of hydrogen-bond donors (Lipinski definition) is 0. The first-order chi connectivity index (χ1) is 14.3. The van der Waals surface area contributed by atoms with Crippen LogP contribution in [0.3, 0.4) is 0 Å². The van der Waals surface area contributed by atoms with Crippen LogP contribution in [0.15, 0.2) is 9.98 Å². The molecule has 0 radical (unpaired) electrons. The van der Waals surface area contributed by atoms with E-state index in [0.717, 1.165) is 23.7 Å².